The summed E-state index contributed by atoms with van der Waals surface area (Å²) in [6, 6.07) is -0.0217. The van der Waals surface area contributed by atoms with Crippen molar-refractivity contribution in [2.24, 2.45) is 0 Å². The van der Waals surface area contributed by atoms with E-state index in [1.807, 2.05) is 0 Å². The Morgan fingerprint density at radius 1 is 0.548 bits per heavy atom. The van der Waals surface area contributed by atoms with Gasteiger partial charge in [0.25, 0.3) is 0 Å². The molecule has 2 unspecified atom stereocenters. The van der Waals surface area contributed by atoms with Crippen LogP contribution >= 0.6 is 21.6 Å². The van der Waals surface area contributed by atoms with Crippen LogP contribution in [0.1, 0.15) is 117 Å². The van der Waals surface area contributed by atoms with Crippen molar-refractivity contribution in [1.29, 1.82) is 0 Å². The Labute approximate surface area is 263 Å². The SMILES string of the molecule is CNC(=O)CCCCCCCC/C=C/C(CSSCC(/C=C/CCCCCCCCC(=O)NC)NC(C)=O)NC(C)=O. The quantitative estimate of drug-likeness (QED) is 0.0489. The molecule has 0 aromatic rings. The number of nitrogens with one attached hydrogen (secondary N) is 4. The summed E-state index contributed by atoms with van der Waals surface area (Å²) in [6.07, 6.45) is 25.2. The van der Waals surface area contributed by atoms with Crippen LogP contribution < -0.4 is 21.3 Å². The smallest absolute Gasteiger partial charge is 0.219 e. The van der Waals surface area contributed by atoms with Crippen molar-refractivity contribution in [3.63, 3.8) is 0 Å². The highest BCUT2D eigenvalue weighted by atomic mass is 33.1. The standard InChI is InChI=1S/C32H58N4O4S2/c1-27(37)35-29(21-17-13-9-5-7-11-15-19-23-31(39)33-3)25-41-42-26-30(36-28(2)38)22-18-14-10-6-8-12-16-20-24-32(40)34-4/h17-18,21-22,29-30H,5-16,19-20,23-26H2,1-4H3,(H,33,39)(H,34,40)(H,35,37)(H,36,38)/b21-17+,22-18+. The van der Waals surface area contributed by atoms with E-state index in [1.54, 1.807) is 49.5 Å². The van der Waals surface area contributed by atoms with Gasteiger partial charge in [0, 0.05) is 52.3 Å². The van der Waals surface area contributed by atoms with Gasteiger partial charge in [-0.15, -0.1) is 0 Å². The molecule has 4 N–H and O–H groups in total. The molecule has 0 bridgehead atoms. The second-order valence-electron chi connectivity index (χ2n) is 10.7. The molecule has 4 amide bonds. The number of unbranched alkanes of at least 4 members (excludes halogenated alkanes) is 12. The number of rotatable bonds is 27. The molecule has 0 spiro atoms. The lowest BCUT2D eigenvalue weighted by Crippen LogP contribution is -2.34. The van der Waals surface area contributed by atoms with E-state index in [0.717, 1.165) is 62.9 Å². The lowest BCUT2D eigenvalue weighted by Gasteiger charge is -2.16. The molecular weight excluding hydrogens is 569 g/mol. The zero-order valence-corrected chi connectivity index (χ0v) is 28.3. The van der Waals surface area contributed by atoms with Crippen molar-refractivity contribution < 1.29 is 19.2 Å². The Hall–Kier alpha value is -1.94. The first-order valence-electron chi connectivity index (χ1n) is 15.8. The van der Waals surface area contributed by atoms with Crippen LogP contribution in [0.4, 0.5) is 0 Å². The maximum absolute atomic E-state index is 11.7. The number of hydrogen-bond acceptors (Lipinski definition) is 6. The topological polar surface area (TPSA) is 116 Å². The summed E-state index contributed by atoms with van der Waals surface area (Å²) in [7, 11) is 6.79. The zero-order valence-electron chi connectivity index (χ0n) is 26.6. The van der Waals surface area contributed by atoms with Crippen LogP contribution in [-0.4, -0.2) is 61.3 Å². The maximum atomic E-state index is 11.7. The van der Waals surface area contributed by atoms with Gasteiger partial charge in [-0.05, 0) is 38.5 Å². The summed E-state index contributed by atoms with van der Waals surface area (Å²) in [5.41, 5.74) is 0. The number of carbonyl (C=O) groups is 4. The summed E-state index contributed by atoms with van der Waals surface area (Å²) >= 11 is 0. The summed E-state index contributed by atoms with van der Waals surface area (Å²) in [5.74, 6) is 1.72. The van der Waals surface area contributed by atoms with Crippen LogP contribution in [0.15, 0.2) is 24.3 Å². The van der Waals surface area contributed by atoms with Crippen molar-refractivity contribution in [3.05, 3.63) is 24.3 Å². The first kappa shape index (κ1) is 40.1. The second kappa shape index (κ2) is 29.1. The number of amides is 4. The minimum Gasteiger partial charge on any atom is -0.359 e. The fraction of sp³-hybridized carbons (Fsp3) is 0.750. The summed E-state index contributed by atoms with van der Waals surface area (Å²) in [6.45, 7) is 3.10. The Kier molecular flexibility index (Phi) is 27.8. The van der Waals surface area contributed by atoms with E-state index in [1.165, 1.54) is 38.5 Å². The zero-order chi connectivity index (χ0) is 31.3. The van der Waals surface area contributed by atoms with Gasteiger partial charge in [-0.1, -0.05) is 97.3 Å². The van der Waals surface area contributed by atoms with E-state index in [0.29, 0.717) is 12.8 Å². The Bertz CT molecular complexity index is 728. The van der Waals surface area contributed by atoms with E-state index < -0.39 is 0 Å². The molecule has 0 aliphatic heterocycles. The van der Waals surface area contributed by atoms with Crippen molar-refractivity contribution in [3.8, 4) is 0 Å². The fourth-order valence-electron chi connectivity index (χ4n) is 4.34. The predicted octanol–water partition coefficient (Wildman–Crippen LogP) is 6.22. The molecule has 242 valence electrons. The molecule has 0 fully saturated rings. The normalized spacial score (nSPS) is 12.8. The predicted molar refractivity (Wildman–Crippen MR) is 180 cm³/mol. The largest absolute Gasteiger partial charge is 0.359 e. The van der Waals surface area contributed by atoms with Gasteiger partial charge in [-0.25, -0.2) is 0 Å². The van der Waals surface area contributed by atoms with Gasteiger partial charge in [0.2, 0.25) is 23.6 Å². The maximum Gasteiger partial charge on any atom is 0.219 e. The van der Waals surface area contributed by atoms with Gasteiger partial charge >= 0.3 is 0 Å². The lowest BCUT2D eigenvalue weighted by atomic mass is 10.1. The molecule has 0 aliphatic rings. The molecule has 0 saturated carbocycles. The number of allylic oxidation sites excluding steroid dienone is 2. The molecule has 0 aliphatic carbocycles. The molecule has 42 heavy (non-hydrogen) atoms. The highest BCUT2D eigenvalue weighted by molar-refractivity contribution is 8.76. The van der Waals surface area contributed by atoms with Crippen molar-refractivity contribution in [1.82, 2.24) is 21.3 Å². The molecule has 0 radical (unpaired) electrons. The van der Waals surface area contributed by atoms with Gasteiger partial charge in [-0.2, -0.15) is 0 Å². The highest BCUT2D eigenvalue weighted by Gasteiger charge is 2.10. The fourth-order valence-corrected chi connectivity index (χ4v) is 6.67. The van der Waals surface area contributed by atoms with Crippen LogP contribution in [0.2, 0.25) is 0 Å². The van der Waals surface area contributed by atoms with Gasteiger partial charge in [0.05, 0.1) is 12.1 Å². The average molecular weight is 627 g/mol. The minimum atomic E-state index is -0.0324. The first-order chi connectivity index (χ1) is 20.3. The molecule has 0 heterocycles. The Morgan fingerprint density at radius 3 is 1.21 bits per heavy atom. The number of carbonyl (C=O) groups excluding carboxylic acids is 4. The number of hydrogen-bond donors (Lipinski definition) is 4. The molecule has 0 saturated heterocycles. The molecule has 0 aromatic carbocycles. The Balaban J connectivity index is 4.18. The third-order valence-electron chi connectivity index (χ3n) is 6.70. The van der Waals surface area contributed by atoms with E-state index in [2.05, 4.69) is 45.6 Å². The van der Waals surface area contributed by atoms with Crippen molar-refractivity contribution in [2.45, 2.75) is 129 Å². The minimum absolute atomic E-state index is 0.0109. The van der Waals surface area contributed by atoms with Crippen LogP contribution in [0.3, 0.4) is 0 Å². The highest BCUT2D eigenvalue weighted by Crippen LogP contribution is 2.24. The van der Waals surface area contributed by atoms with Gasteiger partial charge < -0.3 is 21.3 Å². The van der Waals surface area contributed by atoms with Crippen LogP contribution in [0, 0.1) is 0 Å². The molecule has 8 nitrogen and oxygen atoms in total. The van der Waals surface area contributed by atoms with E-state index >= 15 is 0 Å². The van der Waals surface area contributed by atoms with Crippen molar-refractivity contribution >= 4 is 45.2 Å². The van der Waals surface area contributed by atoms with E-state index in [-0.39, 0.29) is 35.7 Å². The summed E-state index contributed by atoms with van der Waals surface area (Å²) in [5, 5.41) is 11.4. The van der Waals surface area contributed by atoms with Crippen LogP contribution in [0.25, 0.3) is 0 Å². The summed E-state index contributed by atoms with van der Waals surface area (Å²) < 4.78 is 0. The average Bonchev–Trinajstić information content (AvgIpc) is 2.95. The van der Waals surface area contributed by atoms with Gasteiger partial charge in [0.15, 0.2) is 0 Å². The first-order valence-corrected chi connectivity index (χ1v) is 18.3. The van der Waals surface area contributed by atoms with Crippen molar-refractivity contribution in [2.75, 3.05) is 25.6 Å². The second-order valence-corrected chi connectivity index (χ2v) is 13.3. The van der Waals surface area contributed by atoms with Crippen LogP contribution in [0.5, 0.6) is 0 Å². The molecule has 0 aromatic heterocycles. The lowest BCUT2D eigenvalue weighted by molar-refractivity contribution is -0.121. The molecule has 10 heteroatoms. The van der Waals surface area contributed by atoms with Gasteiger partial charge in [0.1, 0.15) is 0 Å². The molecule has 2 atom stereocenters. The Morgan fingerprint density at radius 2 is 0.881 bits per heavy atom. The monoisotopic (exact) mass is 626 g/mol. The third kappa shape index (κ3) is 28.2. The van der Waals surface area contributed by atoms with Gasteiger partial charge in [-0.3, -0.25) is 19.2 Å². The van der Waals surface area contributed by atoms with E-state index in [9.17, 15) is 19.2 Å². The van der Waals surface area contributed by atoms with E-state index in [4.69, 9.17) is 0 Å². The third-order valence-corrected chi connectivity index (χ3v) is 9.17. The molecule has 0 rings (SSSR count). The molecular formula is C32H58N4O4S2. The summed E-state index contributed by atoms with van der Waals surface area (Å²) in [4.78, 5) is 45.8. The van der Waals surface area contributed by atoms with Crippen LogP contribution in [-0.2, 0) is 19.2 Å².